The third-order valence-corrected chi connectivity index (χ3v) is 4.08. The van der Waals surface area contributed by atoms with Gasteiger partial charge in [0.05, 0.1) is 6.61 Å². The second kappa shape index (κ2) is 6.03. The van der Waals surface area contributed by atoms with Crippen LogP contribution in [-0.2, 0) is 38.0 Å². The summed E-state index contributed by atoms with van der Waals surface area (Å²) in [5, 5.41) is 0. The number of fused-ring (bicyclic) bond motifs is 1. The Morgan fingerprint density at radius 1 is 1.04 bits per heavy atom. The molecule has 8 nitrogen and oxygen atoms in total. The molecule has 3 heterocycles. The number of Topliss-reactive ketones (excluding diaryl/α,β-unsaturated/α-hetero) is 1. The average molecular weight is 344 g/mol. The van der Waals surface area contributed by atoms with E-state index < -0.39 is 48.2 Å². The highest BCUT2D eigenvalue weighted by Gasteiger charge is 2.60. The lowest BCUT2D eigenvalue weighted by molar-refractivity contribution is -0.235. The van der Waals surface area contributed by atoms with Crippen molar-refractivity contribution in [3.05, 3.63) is 0 Å². The molecule has 24 heavy (non-hydrogen) atoms. The Morgan fingerprint density at radius 3 is 2.33 bits per heavy atom. The summed E-state index contributed by atoms with van der Waals surface area (Å²) in [6.45, 7) is 8.76. The summed E-state index contributed by atoms with van der Waals surface area (Å²) in [4.78, 5) is 23.1. The summed E-state index contributed by atoms with van der Waals surface area (Å²) >= 11 is 0. The molecule has 0 amide bonds. The van der Waals surface area contributed by atoms with Crippen molar-refractivity contribution in [2.45, 2.75) is 83.3 Å². The number of rotatable bonds is 4. The monoisotopic (exact) mass is 344 g/mol. The lowest BCUT2D eigenvalue weighted by atomic mass is 10.1. The summed E-state index contributed by atoms with van der Waals surface area (Å²) in [6.07, 6.45) is -3.27. The molecule has 3 aliphatic heterocycles. The Labute approximate surface area is 140 Å². The maximum Gasteiger partial charge on any atom is 0.313 e. The van der Waals surface area contributed by atoms with Gasteiger partial charge >= 0.3 is 5.97 Å². The quantitative estimate of drug-likeness (QED) is 0.549. The minimum absolute atomic E-state index is 0.266. The summed E-state index contributed by atoms with van der Waals surface area (Å²) in [7, 11) is 0. The molecule has 8 heteroatoms. The van der Waals surface area contributed by atoms with Crippen molar-refractivity contribution in [3.63, 3.8) is 0 Å². The molecule has 0 aromatic heterocycles. The Kier molecular flexibility index (Phi) is 4.46. The van der Waals surface area contributed by atoms with Crippen LogP contribution in [0.5, 0.6) is 0 Å². The van der Waals surface area contributed by atoms with Crippen molar-refractivity contribution in [1.82, 2.24) is 0 Å². The van der Waals surface area contributed by atoms with E-state index in [0.717, 1.165) is 0 Å². The molecule has 136 valence electrons. The van der Waals surface area contributed by atoms with Gasteiger partial charge in [-0.2, -0.15) is 0 Å². The van der Waals surface area contributed by atoms with Gasteiger partial charge in [-0.1, -0.05) is 0 Å². The molecular formula is C16H24O8. The van der Waals surface area contributed by atoms with Crippen molar-refractivity contribution < 1.29 is 38.0 Å². The van der Waals surface area contributed by atoms with Crippen LogP contribution in [0.1, 0.15) is 41.0 Å². The van der Waals surface area contributed by atoms with Crippen LogP contribution in [0.3, 0.4) is 0 Å². The van der Waals surface area contributed by atoms with E-state index >= 15 is 0 Å². The fourth-order valence-corrected chi connectivity index (χ4v) is 3.21. The predicted octanol–water partition coefficient (Wildman–Crippen LogP) is 0.905. The smallest absolute Gasteiger partial charge is 0.313 e. The van der Waals surface area contributed by atoms with E-state index in [1.54, 1.807) is 27.7 Å². The topological polar surface area (TPSA) is 89.5 Å². The number of ketones is 1. The van der Waals surface area contributed by atoms with Crippen LogP contribution < -0.4 is 0 Å². The van der Waals surface area contributed by atoms with Gasteiger partial charge in [0.2, 0.25) is 0 Å². The molecule has 0 N–H and O–H groups in total. The number of carbonyl (C=O) groups excluding carboxylic acids is 2. The maximum absolute atomic E-state index is 12.0. The van der Waals surface area contributed by atoms with Gasteiger partial charge in [-0.05, 0) is 34.6 Å². The maximum atomic E-state index is 12.0. The van der Waals surface area contributed by atoms with Crippen molar-refractivity contribution >= 4 is 11.8 Å². The summed E-state index contributed by atoms with van der Waals surface area (Å²) in [5.41, 5.74) is 0. The zero-order chi connectivity index (χ0) is 17.7. The molecule has 3 aliphatic rings. The highest BCUT2D eigenvalue weighted by atomic mass is 16.8. The average Bonchev–Trinajstić information content (AvgIpc) is 3.00. The van der Waals surface area contributed by atoms with E-state index in [1.165, 1.54) is 6.92 Å². The Balaban J connectivity index is 1.75. The van der Waals surface area contributed by atoms with E-state index in [1.807, 2.05) is 0 Å². The molecule has 0 radical (unpaired) electrons. The number of ether oxygens (including phenoxy) is 6. The van der Waals surface area contributed by atoms with Gasteiger partial charge < -0.3 is 28.4 Å². The van der Waals surface area contributed by atoms with E-state index in [9.17, 15) is 9.59 Å². The molecule has 0 unspecified atom stereocenters. The van der Waals surface area contributed by atoms with Gasteiger partial charge in [-0.3, -0.25) is 9.59 Å². The second-order valence-electron chi connectivity index (χ2n) is 7.27. The van der Waals surface area contributed by atoms with Crippen LogP contribution in [0.15, 0.2) is 0 Å². The first-order valence-corrected chi connectivity index (χ1v) is 8.08. The highest BCUT2D eigenvalue weighted by Crippen LogP contribution is 2.42. The molecule has 0 aliphatic carbocycles. The van der Waals surface area contributed by atoms with E-state index in [2.05, 4.69) is 0 Å². The van der Waals surface area contributed by atoms with E-state index in [4.69, 9.17) is 28.4 Å². The third kappa shape index (κ3) is 3.62. The van der Waals surface area contributed by atoms with Crippen LogP contribution in [0.4, 0.5) is 0 Å². The van der Waals surface area contributed by atoms with Crippen molar-refractivity contribution in [2.75, 3.05) is 6.61 Å². The summed E-state index contributed by atoms with van der Waals surface area (Å²) in [6, 6.07) is 0. The predicted molar refractivity (Wildman–Crippen MR) is 78.8 cm³/mol. The fraction of sp³-hybridized carbons (Fsp3) is 0.875. The number of esters is 1. The van der Waals surface area contributed by atoms with Gasteiger partial charge in [-0.25, -0.2) is 0 Å². The normalized spacial score (nSPS) is 39.6. The van der Waals surface area contributed by atoms with Crippen LogP contribution in [0.25, 0.3) is 0 Å². The molecular weight excluding hydrogens is 320 g/mol. The lowest BCUT2D eigenvalue weighted by Crippen LogP contribution is -2.45. The standard InChI is InChI=1S/C16H24O8/c1-8(17)6-10(18)20-12-11(9-7-19-15(2,3)22-9)21-14-13(12)23-16(4,5)24-14/h9,11-14H,6-7H2,1-5H3/t9-,11+,12+,13+,14+/m0/s1. The molecule has 3 saturated heterocycles. The van der Waals surface area contributed by atoms with Crippen LogP contribution in [-0.4, -0.2) is 60.6 Å². The lowest BCUT2D eigenvalue weighted by Gasteiger charge is -2.28. The SMILES string of the molecule is CC(=O)CC(=O)O[C@H]1[C@H]2OC(C)(C)O[C@H]2O[C@@H]1[C@@H]1COC(C)(C)O1. The first kappa shape index (κ1) is 17.8. The van der Waals surface area contributed by atoms with Gasteiger partial charge in [0.1, 0.15) is 24.4 Å². The molecule has 5 atom stereocenters. The molecule has 0 aromatic carbocycles. The number of carbonyl (C=O) groups is 2. The molecule has 3 rings (SSSR count). The van der Waals surface area contributed by atoms with Crippen LogP contribution in [0.2, 0.25) is 0 Å². The fourth-order valence-electron chi connectivity index (χ4n) is 3.21. The molecule has 3 fully saturated rings. The zero-order valence-corrected chi connectivity index (χ0v) is 14.6. The van der Waals surface area contributed by atoms with Gasteiger partial charge in [0.15, 0.2) is 30.1 Å². The van der Waals surface area contributed by atoms with Crippen LogP contribution in [0, 0.1) is 0 Å². The zero-order valence-electron chi connectivity index (χ0n) is 14.6. The van der Waals surface area contributed by atoms with Crippen LogP contribution >= 0.6 is 0 Å². The van der Waals surface area contributed by atoms with E-state index in [-0.39, 0.29) is 12.2 Å². The van der Waals surface area contributed by atoms with E-state index in [0.29, 0.717) is 6.61 Å². The molecule has 0 saturated carbocycles. The van der Waals surface area contributed by atoms with Crippen molar-refractivity contribution in [2.24, 2.45) is 0 Å². The largest absolute Gasteiger partial charge is 0.456 e. The minimum Gasteiger partial charge on any atom is -0.456 e. The van der Waals surface area contributed by atoms with Gasteiger partial charge in [0, 0.05) is 0 Å². The van der Waals surface area contributed by atoms with Crippen molar-refractivity contribution in [3.8, 4) is 0 Å². The summed E-state index contributed by atoms with van der Waals surface area (Å²) in [5.74, 6) is -2.45. The molecule has 0 aromatic rings. The second-order valence-corrected chi connectivity index (χ2v) is 7.27. The van der Waals surface area contributed by atoms with Crippen molar-refractivity contribution in [1.29, 1.82) is 0 Å². The Bertz CT molecular complexity index is 528. The van der Waals surface area contributed by atoms with Gasteiger partial charge in [-0.15, -0.1) is 0 Å². The summed E-state index contributed by atoms with van der Waals surface area (Å²) < 4.78 is 34.3. The first-order chi connectivity index (χ1) is 11.1. The third-order valence-electron chi connectivity index (χ3n) is 4.08. The number of hydrogen-bond acceptors (Lipinski definition) is 8. The number of hydrogen-bond donors (Lipinski definition) is 0. The molecule has 0 bridgehead atoms. The highest BCUT2D eigenvalue weighted by molar-refractivity contribution is 5.94. The Hall–Kier alpha value is -1.06. The minimum atomic E-state index is -0.835. The molecule has 0 spiro atoms. The first-order valence-electron chi connectivity index (χ1n) is 8.08. The Morgan fingerprint density at radius 2 is 1.75 bits per heavy atom. The van der Waals surface area contributed by atoms with Gasteiger partial charge in [0.25, 0.3) is 0 Å².